The van der Waals surface area contributed by atoms with Gasteiger partial charge in [-0.1, -0.05) is 55.0 Å². The van der Waals surface area contributed by atoms with Gasteiger partial charge in [-0.2, -0.15) is 0 Å². The van der Waals surface area contributed by atoms with Gasteiger partial charge in [0.05, 0.1) is 17.2 Å². The number of rotatable bonds is 13. The fourth-order valence-electron chi connectivity index (χ4n) is 4.59. The van der Waals surface area contributed by atoms with Gasteiger partial charge in [0.1, 0.15) is 18.3 Å². The summed E-state index contributed by atoms with van der Waals surface area (Å²) in [4.78, 5) is 29.1. The molecule has 1 atom stereocenters. The predicted octanol–water partition coefficient (Wildman–Crippen LogP) is 5.35. The summed E-state index contributed by atoms with van der Waals surface area (Å²) in [5.74, 6) is -0.184. The first-order valence-corrected chi connectivity index (χ1v) is 15.8. The van der Waals surface area contributed by atoms with E-state index in [0.29, 0.717) is 30.9 Å². The molecular weight excluding hydrogens is 550 g/mol. The van der Waals surface area contributed by atoms with Crippen LogP contribution in [0.3, 0.4) is 0 Å². The average Bonchev–Trinajstić information content (AvgIpc) is 2.94. The topological polar surface area (TPSA) is 96.0 Å². The maximum atomic E-state index is 14.1. The molecule has 42 heavy (non-hydrogen) atoms. The van der Waals surface area contributed by atoms with Crippen LogP contribution < -0.4 is 14.4 Å². The van der Waals surface area contributed by atoms with E-state index in [-0.39, 0.29) is 17.3 Å². The number of carbonyl (C=O) groups excluding carboxylic acids is 2. The van der Waals surface area contributed by atoms with Crippen molar-refractivity contribution in [2.45, 2.75) is 70.9 Å². The highest BCUT2D eigenvalue weighted by Crippen LogP contribution is 2.26. The van der Waals surface area contributed by atoms with E-state index in [0.717, 1.165) is 15.4 Å². The number of nitrogens with one attached hydrogen (secondary N) is 1. The number of hydrogen-bond acceptors (Lipinski definition) is 5. The smallest absolute Gasteiger partial charge is 0.264 e. The standard InChI is InChI=1S/C33H43N3O5S/c1-7-30(32(38)34-33(4,5)6)35(23-22-26-12-10-9-11-13-26)31(37)24-36(27-16-14-25(3)15-17-27)42(39,40)29-20-18-28(19-21-29)41-8-2/h9-21,30H,7-8,22-24H2,1-6H3,(H,34,38). The van der Waals surface area contributed by atoms with E-state index in [1.54, 1.807) is 36.4 Å². The Morgan fingerprint density at radius 3 is 2.07 bits per heavy atom. The molecule has 0 aliphatic carbocycles. The van der Waals surface area contributed by atoms with Crippen LogP contribution in [0.2, 0.25) is 0 Å². The molecule has 0 aliphatic rings. The van der Waals surface area contributed by atoms with Crippen molar-refractivity contribution in [2.75, 3.05) is 24.0 Å². The van der Waals surface area contributed by atoms with Gasteiger partial charge < -0.3 is 15.0 Å². The molecule has 0 saturated carbocycles. The van der Waals surface area contributed by atoms with Gasteiger partial charge in [-0.3, -0.25) is 13.9 Å². The van der Waals surface area contributed by atoms with E-state index in [1.807, 2.05) is 71.9 Å². The Kier molecular flexibility index (Phi) is 11.2. The van der Waals surface area contributed by atoms with Gasteiger partial charge >= 0.3 is 0 Å². The minimum atomic E-state index is -4.15. The molecule has 0 bridgehead atoms. The number of carbonyl (C=O) groups is 2. The number of hydrogen-bond donors (Lipinski definition) is 1. The summed E-state index contributed by atoms with van der Waals surface area (Å²) >= 11 is 0. The molecule has 0 aliphatic heterocycles. The molecule has 3 rings (SSSR count). The summed E-state index contributed by atoms with van der Waals surface area (Å²) in [5, 5.41) is 2.99. The zero-order valence-corrected chi connectivity index (χ0v) is 26.3. The van der Waals surface area contributed by atoms with Crippen LogP contribution in [-0.2, 0) is 26.0 Å². The number of nitrogens with zero attached hydrogens (tertiary/aromatic N) is 2. The summed E-state index contributed by atoms with van der Waals surface area (Å²) in [6, 6.07) is 22.1. The van der Waals surface area contributed by atoms with Gasteiger partial charge in [0.15, 0.2) is 0 Å². The summed E-state index contributed by atoms with van der Waals surface area (Å²) in [6.07, 6.45) is 0.890. The van der Waals surface area contributed by atoms with Crippen LogP contribution in [-0.4, -0.2) is 56.4 Å². The number of anilines is 1. The number of sulfonamides is 1. The van der Waals surface area contributed by atoms with Gasteiger partial charge in [0.25, 0.3) is 10.0 Å². The van der Waals surface area contributed by atoms with E-state index in [9.17, 15) is 18.0 Å². The second kappa shape index (κ2) is 14.4. The molecule has 8 nitrogen and oxygen atoms in total. The molecule has 2 amide bonds. The molecular formula is C33H43N3O5S. The SMILES string of the molecule is CCOc1ccc(S(=O)(=O)N(CC(=O)N(CCc2ccccc2)C(CC)C(=O)NC(C)(C)C)c2ccc(C)cc2)cc1. The molecule has 0 fully saturated rings. The maximum absolute atomic E-state index is 14.1. The highest BCUT2D eigenvalue weighted by molar-refractivity contribution is 7.92. The van der Waals surface area contributed by atoms with E-state index >= 15 is 0 Å². The number of amides is 2. The maximum Gasteiger partial charge on any atom is 0.264 e. The zero-order valence-electron chi connectivity index (χ0n) is 25.5. The van der Waals surface area contributed by atoms with Crippen molar-refractivity contribution in [1.82, 2.24) is 10.2 Å². The Morgan fingerprint density at radius 1 is 0.905 bits per heavy atom. The summed E-state index contributed by atoms with van der Waals surface area (Å²) in [6.45, 7) is 11.5. The Labute approximate surface area is 250 Å². The quantitative estimate of drug-likeness (QED) is 0.288. The largest absolute Gasteiger partial charge is 0.494 e. The Morgan fingerprint density at radius 2 is 1.52 bits per heavy atom. The minimum absolute atomic E-state index is 0.0349. The normalized spacial score (nSPS) is 12.3. The average molecular weight is 594 g/mol. The second-order valence-electron chi connectivity index (χ2n) is 11.2. The molecule has 0 spiro atoms. The molecule has 3 aromatic rings. The van der Waals surface area contributed by atoms with E-state index in [2.05, 4.69) is 5.32 Å². The monoisotopic (exact) mass is 593 g/mol. The molecule has 226 valence electrons. The highest BCUT2D eigenvalue weighted by Gasteiger charge is 2.34. The fourth-order valence-corrected chi connectivity index (χ4v) is 6.00. The van der Waals surface area contributed by atoms with Gasteiger partial charge in [-0.15, -0.1) is 0 Å². The molecule has 0 saturated heterocycles. The number of benzene rings is 3. The predicted molar refractivity (Wildman–Crippen MR) is 167 cm³/mol. The van der Waals surface area contributed by atoms with Crippen LogP contribution in [0.4, 0.5) is 5.69 Å². The van der Waals surface area contributed by atoms with Crippen LogP contribution in [0.15, 0.2) is 83.8 Å². The highest BCUT2D eigenvalue weighted by atomic mass is 32.2. The lowest BCUT2D eigenvalue weighted by Crippen LogP contribution is -2.56. The first-order valence-electron chi connectivity index (χ1n) is 14.3. The number of aryl methyl sites for hydroxylation is 1. The lowest BCUT2D eigenvalue weighted by molar-refractivity contribution is -0.140. The van der Waals surface area contributed by atoms with Crippen molar-refractivity contribution in [3.8, 4) is 5.75 Å². The fraction of sp³-hybridized carbons (Fsp3) is 0.394. The molecule has 0 aromatic heterocycles. The molecule has 1 unspecified atom stereocenters. The molecule has 0 radical (unpaired) electrons. The Bertz CT molecular complexity index is 1420. The van der Waals surface area contributed by atoms with Gasteiger partial charge in [0.2, 0.25) is 11.8 Å². The second-order valence-corrected chi connectivity index (χ2v) is 13.1. The van der Waals surface area contributed by atoms with Crippen molar-refractivity contribution in [2.24, 2.45) is 0 Å². The van der Waals surface area contributed by atoms with Crippen LogP contribution in [0.25, 0.3) is 0 Å². The zero-order chi connectivity index (χ0) is 30.9. The van der Waals surface area contributed by atoms with Crippen molar-refractivity contribution in [3.63, 3.8) is 0 Å². The third-order valence-corrected chi connectivity index (χ3v) is 8.48. The summed E-state index contributed by atoms with van der Waals surface area (Å²) in [5.41, 5.74) is 1.83. The molecule has 3 aromatic carbocycles. The third kappa shape index (κ3) is 8.82. The van der Waals surface area contributed by atoms with Crippen LogP contribution >= 0.6 is 0 Å². The first-order chi connectivity index (χ1) is 19.9. The summed E-state index contributed by atoms with van der Waals surface area (Å²) < 4.78 is 34.6. The first kappa shape index (κ1) is 32.7. The minimum Gasteiger partial charge on any atom is -0.494 e. The lowest BCUT2D eigenvalue weighted by Gasteiger charge is -2.34. The molecule has 1 N–H and O–H groups in total. The Balaban J connectivity index is 2.01. The molecule has 9 heteroatoms. The van der Waals surface area contributed by atoms with E-state index in [1.165, 1.54) is 17.0 Å². The van der Waals surface area contributed by atoms with Crippen molar-refractivity contribution in [1.29, 1.82) is 0 Å². The van der Waals surface area contributed by atoms with Crippen LogP contribution in [0.5, 0.6) is 5.75 Å². The van der Waals surface area contributed by atoms with Crippen molar-refractivity contribution >= 4 is 27.5 Å². The van der Waals surface area contributed by atoms with Gasteiger partial charge in [-0.05, 0) is 89.4 Å². The Hall–Kier alpha value is -3.85. The van der Waals surface area contributed by atoms with Crippen LogP contribution in [0, 0.1) is 6.92 Å². The third-order valence-electron chi connectivity index (χ3n) is 6.69. The summed E-state index contributed by atoms with van der Waals surface area (Å²) in [7, 11) is -4.15. The van der Waals surface area contributed by atoms with Gasteiger partial charge in [0, 0.05) is 12.1 Å². The number of ether oxygens (including phenoxy) is 1. The van der Waals surface area contributed by atoms with Crippen molar-refractivity contribution in [3.05, 3.63) is 90.0 Å². The van der Waals surface area contributed by atoms with Gasteiger partial charge in [-0.25, -0.2) is 8.42 Å². The molecule has 0 heterocycles. The van der Waals surface area contributed by atoms with Crippen LogP contribution in [0.1, 0.15) is 52.2 Å². The van der Waals surface area contributed by atoms with E-state index < -0.39 is 34.1 Å². The van der Waals surface area contributed by atoms with E-state index in [4.69, 9.17) is 4.74 Å². The lowest BCUT2D eigenvalue weighted by atomic mass is 10.1. The van der Waals surface area contributed by atoms with Crippen molar-refractivity contribution < 1.29 is 22.7 Å².